The molecule has 0 fully saturated rings. The van der Waals surface area contributed by atoms with Crippen LogP contribution in [0.25, 0.3) is 0 Å². The van der Waals surface area contributed by atoms with Crippen molar-refractivity contribution >= 4 is 57.4 Å². The van der Waals surface area contributed by atoms with E-state index < -0.39 is 0 Å². The summed E-state index contributed by atoms with van der Waals surface area (Å²) in [5.41, 5.74) is 0. The summed E-state index contributed by atoms with van der Waals surface area (Å²) in [5.74, 6) is -0.157. The Kier molecular flexibility index (Phi) is 4.26. The minimum Gasteiger partial charge on any atom is -0.435 e. The molecule has 0 aromatic heterocycles. The van der Waals surface area contributed by atoms with Crippen LogP contribution in [-0.2, 0) is 9.53 Å². The van der Waals surface area contributed by atoms with Crippen LogP contribution in [0.1, 0.15) is 6.42 Å². The second-order valence-electron chi connectivity index (χ2n) is 1.07. The van der Waals surface area contributed by atoms with E-state index in [2.05, 4.69) is 4.74 Å². The van der Waals surface area contributed by atoms with E-state index in [1.807, 2.05) is 0 Å². The van der Waals surface area contributed by atoms with Crippen molar-refractivity contribution in [1.82, 2.24) is 0 Å². The van der Waals surface area contributed by atoms with Crippen LogP contribution in [0.2, 0.25) is 0 Å². The maximum atomic E-state index is 9.96. The Hall–Kier alpha value is 0.846. The van der Waals surface area contributed by atoms with Crippen molar-refractivity contribution in [2.24, 2.45) is 0 Å². The smallest absolute Gasteiger partial charge is 0.314 e. The maximum absolute atomic E-state index is 9.96. The van der Waals surface area contributed by atoms with Gasteiger partial charge in [0.2, 0.25) is 0 Å². The fraction of sp³-hybridized carbons (Fsp3) is 0.250. The number of ether oxygens (including phenoxy) is 1. The molecule has 0 saturated heterocycles. The first-order valence-corrected chi connectivity index (χ1v) is 1.74. The Morgan fingerprint density at radius 2 is 2.43 bits per heavy atom. The second-order valence-corrected chi connectivity index (χ2v) is 1.07. The van der Waals surface area contributed by atoms with Gasteiger partial charge in [-0.3, -0.25) is 4.79 Å². The largest absolute Gasteiger partial charge is 0.435 e. The first-order valence-electron chi connectivity index (χ1n) is 1.74. The minimum atomic E-state index is -0.157. The first kappa shape index (κ1) is 7.85. The topological polar surface area (TPSA) is 26.3 Å². The van der Waals surface area contributed by atoms with Crippen LogP contribution in [0.4, 0.5) is 0 Å². The standard InChI is InChI=1S/C4H4O2.K/c5-4-2-1-3-6-4;/h1,3H,2H2;. The maximum Gasteiger partial charge on any atom is 0.314 e. The Morgan fingerprint density at radius 1 is 1.71 bits per heavy atom. The van der Waals surface area contributed by atoms with E-state index in [4.69, 9.17) is 0 Å². The number of carbonyl (C=O) groups excluding carboxylic acids is 1. The van der Waals surface area contributed by atoms with Crippen LogP contribution < -0.4 is 0 Å². The quantitative estimate of drug-likeness (QED) is 0.336. The molecular formula is C4H4KO2. The molecule has 0 aliphatic carbocycles. The molecule has 1 radical (unpaired) electrons. The SMILES string of the molecule is O=C1CC=CO1.[K]. The normalized spacial score (nSPS) is 15.7. The predicted molar refractivity (Wildman–Crippen MR) is 25.6 cm³/mol. The summed E-state index contributed by atoms with van der Waals surface area (Å²) in [7, 11) is 0. The van der Waals surface area contributed by atoms with Crippen molar-refractivity contribution in [2.75, 3.05) is 0 Å². The molecule has 3 heteroatoms. The number of hydrogen-bond donors (Lipinski definition) is 0. The van der Waals surface area contributed by atoms with Gasteiger partial charge in [0.15, 0.2) is 0 Å². The van der Waals surface area contributed by atoms with E-state index in [-0.39, 0.29) is 57.4 Å². The molecule has 0 bridgehead atoms. The third-order valence-corrected chi connectivity index (χ3v) is 0.580. The van der Waals surface area contributed by atoms with E-state index in [1.165, 1.54) is 6.26 Å². The molecule has 2 nitrogen and oxygen atoms in total. The van der Waals surface area contributed by atoms with E-state index >= 15 is 0 Å². The summed E-state index contributed by atoms with van der Waals surface area (Å²) in [6.45, 7) is 0. The molecule has 0 aromatic carbocycles. The molecule has 1 aliphatic heterocycles. The summed E-state index contributed by atoms with van der Waals surface area (Å²) < 4.78 is 4.33. The molecule has 7 heavy (non-hydrogen) atoms. The number of rotatable bonds is 0. The molecule has 0 atom stereocenters. The van der Waals surface area contributed by atoms with Crippen LogP contribution in [0.3, 0.4) is 0 Å². The number of hydrogen-bond acceptors (Lipinski definition) is 2. The van der Waals surface area contributed by atoms with Gasteiger partial charge in [0.25, 0.3) is 0 Å². The van der Waals surface area contributed by atoms with Gasteiger partial charge in [-0.05, 0) is 6.08 Å². The third-order valence-electron chi connectivity index (χ3n) is 0.580. The molecule has 0 unspecified atom stereocenters. The monoisotopic (exact) mass is 123 g/mol. The van der Waals surface area contributed by atoms with Gasteiger partial charge in [0.1, 0.15) is 0 Å². The van der Waals surface area contributed by atoms with Gasteiger partial charge in [0.05, 0.1) is 12.7 Å². The average Bonchev–Trinajstić information content (AvgIpc) is 1.86. The Balaban J connectivity index is 0.000000360. The predicted octanol–water partition coefficient (Wildman–Crippen LogP) is 0.0662. The van der Waals surface area contributed by atoms with Crippen molar-refractivity contribution < 1.29 is 9.53 Å². The van der Waals surface area contributed by atoms with Crippen LogP contribution in [0, 0.1) is 0 Å². The van der Waals surface area contributed by atoms with Gasteiger partial charge in [0, 0.05) is 51.4 Å². The first-order chi connectivity index (χ1) is 2.89. The van der Waals surface area contributed by atoms with E-state index in [9.17, 15) is 4.79 Å². The van der Waals surface area contributed by atoms with Gasteiger partial charge in [-0.1, -0.05) is 0 Å². The molecule has 1 aliphatic rings. The zero-order valence-corrected chi connectivity index (χ0v) is 7.30. The summed E-state index contributed by atoms with van der Waals surface area (Å²) in [6.07, 6.45) is 3.53. The average molecular weight is 123 g/mol. The molecule has 1 heterocycles. The summed E-state index contributed by atoms with van der Waals surface area (Å²) in [6, 6.07) is 0. The van der Waals surface area contributed by atoms with Crippen molar-refractivity contribution in [2.45, 2.75) is 6.42 Å². The van der Waals surface area contributed by atoms with Crippen LogP contribution in [0.5, 0.6) is 0 Å². The van der Waals surface area contributed by atoms with Gasteiger partial charge in [-0.2, -0.15) is 0 Å². The van der Waals surface area contributed by atoms with E-state index in [0.29, 0.717) is 6.42 Å². The van der Waals surface area contributed by atoms with Crippen LogP contribution in [-0.4, -0.2) is 57.4 Å². The zero-order valence-electron chi connectivity index (χ0n) is 4.18. The van der Waals surface area contributed by atoms with Crippen LogP contribution >= 0.6 is 0 Å². The number of esters is 1. The Labute approximate surface area is 84.3 Å². The van der Waals surface area contributed by atoms with Gasteiger partial charge >= 0.3 is 5.97 Å². The van der Waals surface area contributed by atoms with E-state index in [0.717, 1.165) is 0 Å². The summed E-state index contributed by atoms with van der Waals surface area (Å²) in [4.78, 5) is 9.96. The molecule has 33 valence electrons. The van der Waals surface area contributed by atoms with Crippen molar-refractivity contribution in [3.63, 3.8) is 0 Å². The molecule has 0 aromatic rings. The molecule has 0 spiro atoms. The third kappa shape index (κ3) is 2.61. The van der Waals surface area contributed by atoms with Gasteiger partial charge in [-0.15, -0.1) is 0 Å². The molecule has 0 amide bonds. The number of cyclic esters (lactones) is 1. The van der Waals surface area contributed by atoms with Gasteiger partial charge < -0.3 is 4.74 Å². The van der Waals surface area contributed by atoms with E-state index in [1.54, 1.807) is 6.08 Å². The van der Waals surface area contributed by atoms with Gasteiger partial charge in [-0.25, -0.2) is 0 Å². The Morgan fingerprint density at radius 3 is 2.57 bits per heavy atom. The molecule has 0 N–H and O–H groups in total. The summed E-state index contributed by atoms with van der Waals surface area (Å²) in [5, 5.41) is 0. The molecule has 0 saturated carbocycles. The minimum absolute atomic E-state index is 0. The van der Waals surface area contributed by atoms with Crippen LogP contribution in [0.15, 0.2) is 12.3 Å². The second kappa shape index (κ2) is 3.80. The van der Waals surface area contributed by atoms with Crippen molar-refractivity contribution in [1.29, 1.82) is 0 Å². The van der Waals surface area contributed by atoms with Crippen molar-refractivity contribution in [3.05, 3.63) is 12.3 Å². The summed E-state index contributed by atoms with van der Waals surface area (Å²) >= 11 is 0. The molecular weight excluding hydrogens is 119 g/mol. The Bertz CT molecular complexity index is 87.9. The fourth-order valence-corrected chi connectivity index (χ4v) is 0.316. The number of carbonyl (C=O) groups is 1. The fourth-order valence-electron chi connectivity index (χ4n) is 0.316. The molecule has 1 rings (SSSR count). The van der Waals surface area contributed by atoms with Crippen molar-refractivity contribution in [3.8, 4) is 0 Å². The zero-order chi connectivity index (χ0) is 4.41.